The van der Waals surface area contributed by atoms with Crippen LogP contribution in [-0.2, 0) is 0 Å². The maximum absolute atomic E-state index is 11.5. The number of carbonyl (C=O) groups excluding carboxylic acids is 1. The van der Waals surface area contributed by atoms with Crippen LogP contribution in [0.5, 0.6) is 5.75 Å². The molecule has 1 fully saturated rings. The maximum Gasteiger partial charge on any atom is 0.162 e. The predicted molar refractivity (Wildman–Crippen MR) is 77.7 cm³/mol. The van der Waals surface area contributed by atoms with E-state index in [-0.39, 0.29) is 5.78 Å². The highest BCUT2D eigenvalue weighted by Crippen LogP contribution is 2.29. The van der Waals surface area contributed by atoms with Crippen molar-refractivity contribution < 1.29 is 9.53 Å². The summed E-state index contributed by atoms with van der Waals surface area (Å²) in [5.74, 6) is 1.98. The molecule has 1 aliphatic carbocycles. The first kappa shape index (κ1) is 14.1. The third-order valence-corrected chi connectivity index (χ3v) is 4.17. The Hall–Kier alpha value is -1.31. The molecule has 0 aromatic heterocycles. The fourth-order valence-electron chi connectivity index (χ4n) is 2.77. The van der Waals surface area contributed by atoms with Crippen LogP contribution in [0.25, 0.3) is 0 Å². The van der Waals surface area contributed by atoms with E-state index in [1.54, 1.807) is 0 Å². The van der Waals surface area contributed by atoms with Crippen LogP contribution < -0.4 is 4.74 Å². The van der Waals surface area contributed by atoms with E-state index < -0.39 is 0 Å². The summed E-state index contributed by atoms with van der Waals surface area (Å²) in [4.78, 5) is 11.5. The van der Waals surface area contributed by atoms with Crippen molar-refractivity contribution in [2.24, 2.45) is 5.92 Å². The van der Waals surface area contributed by atoms with Crippen LogP contribution in [0.4, 0.5) is 0 Å². The van der Waals surface area contributed by atoms with Gasteiger partial charge in [0.15, 0.2) is 5.78 Å². The average molecular weight is 260 g/mol. The number of ether oxygens (including phenoxy) is 1. The lowest BCUT2D eigenvalue weighted by atomic mass is 9.86. The first-order valence-electron chi connectivity index (χ1n) is 7.52. The summed E-state index contributed by atoms with van der Waals surface area (Å²) in [6.45, 7) is 4.16. The number of ketones is 1. The molecule has 104 valence electrons. The van der Waals surface area contributed by atoms with Gasteiger partial charge in [-0.05, 0) is 55.9 Å². The number of benzene rings is 1. The summed E-state index contributed by atoms with van der Waals surface area (Å²) in [7, 11) is 0. The minimum atomic E-state index is 0.190. The highest BCUT2D eigenvalue weighted by Gasteiger charge is 2.21. The normalized spacial score (nSPS) is 23.1. The minimum Gasteiger partial charge on any atom is -0.490 e. The standard InChI is InChI=1S/C17H24O2/c1-3-13-5-9-15(10-6-13)19-16-11-7-14(8-12-16)17(18)4-2/h7-8,11-13,15H,3-6,9-10H2,1-2H3. The van der Waals surface area contributed by atoms with Crippen molar-refractivity contribution in [2.75, 3.05) is 0 Å². The lowest BCUT2D eigenvalue weighted by molar-refractivity contribution is 0.0988. The van der Waals surface area contributed by atoms with Crippen LogP contribution in [0, 0.1) is 5.92 Å². The number of rotatable bonds is 5. The molecule has 0 amide bonds. The van der Waals surface area contributed by atoms with E-state index in [0.717, 1.165) is 30.1 Å². The van der Waals surface area contributed by atoms with Crippen molar-refractivity contribution in [1.82, 2.24) is 0 Å². The lowest BCUT2D eigenvalue weighted by Crippen LogP contribution is -2.23. The topological polar surface area (TPSA) is 26.3 Å². The van der Waals surface area contributed by atoms with Gasteiger partial charge in [-0.1, -0.05) is 20.3 Å². The molecule has 1 saturated carbocycles. The molecule has 0 spiro atoms. The van der Waals surface area contributed by atoms with E-state index in [1.165, 1.54) is 19.3 Å². The number of hydrogen-bond donors (Lipinski definition) is 0. The molecule has 2 rings (SSSR count). The van der Waals surface area contributed by atoms with Crippen molar-refractivity contribution in [2.45, 2.75) is 58.5 Å². The molecule has 0 atom stereocenters. The molecule has 2 heteroatoms. The van der Waals surface area contributed by atoms with Gasteiger partial charge in [-0.15, -0.1) is 0 Å². The van der Waals surface area contributed by atoms with E-state index in [1.807, 2.05) is 31.2 Å². The zero-order valence-electron chi connectivity index (χ0n) is 12.0. The molecule has 0 heterocycles. The molecule has 0 aliphatic heterocycles. The summed E-state index contributed by atoms with van der Waals surface area (Å²) < 4.78 is 6.01. The molecule has 1 aromatic carbocycles. The van der Waals surface area contributed by atoms with Crippen LogP contribution in [0.1, 0.15) is 62.7 Å². The second-order valence-electron chi connectivity index (χ2n) is 5.47. The van der Waals surface area contributed by atoms with Crippen molar-refractivity contribution in [3.8, 4) is 5.75 Å². The first-order valence-corrected chi connectivity index (χ1v) is 7.52. The molecule has 19 heavy (non-hydrogen) atoms. The SMILES string of the molecule is CCC(=O)c1ccc(OC2CCC(CC)CC2)cc1. The van der Waals surface area contributed by atoms with Crippen molar-refractivity contribution >= 4 is 5.78 Å². The van der Waals surface area contributed by atoms with E-state index in [9.17, 15) is 4.79 Å². The van der Waals surface area contributed by atoms with Crippen LogP contribution in [0.2, 0.25) is 0 Å². The third kappa shape index (κ3) is 3.82. The average Bonchev–Trinajstić information content (AvgIpc) is 2.48. The molecule has 0 unspecified atom stereocenters. The van der Waals surface area contributed by atoms with Gasteiger partial charge in [0.05, 0.1) is 6.10 Å². The molecule has 2 nitrogen and oxygen atoms in total. The highest BCUT2D eigenvalue weighted by atomic mass is 16.5. The molecule has 0 N–H and O–H groups in total. The molecule has 1 aromatic rings. The Morgan fingerprint density at radius 3 is 2.26 bits per heavy atom. The maximum atomic E-state index is 11.5. The Morgan fingerprint density at radius 2 is 1.74 bits per heavy atom. The van der Waals surface area contributed by atoms with Gasteiger partial charge in [0.1, 0.15) is 5.75 Å². The summed E-state index contributed by atoms with van der Waals surface area (Å²) in [5.41, 5.74) is 0.782. The quantitative estimate of drug-likeness (QED) is 0.722. The van der Waals surface area contributed by atoms with Gasteiger partial charge in [0.2, 0.25) is 0 Å². The first-order chi connectivity index (χ1) is 9.22. The van der Waals surface area contributed by atoms with Crippen LogP contribution in [0.3, 0.4) is 0 Å². The second kappa shape index (κ2) is 6.74. The largest absolute Gasteiger partial charge is 0.490 e. The molecule has 0 radical (unpaired) electrons. The Labute approximate surface area is 116 Å². The van der Waals surface area contributed by atoms with Gasteiger partial charge in [0.25, 0.3) is 0 Å². The van der Waals surface area contributed by atoms with Crippen molar-refractivity contribution in [3.63, 3.8) is 0 Å². The molecule has 0 saturated heterocycles. The summed E-state index contributed by atoms with van der Waals surface area (Å²) >= 11 is 0. The van der Waals surface area contributed by atoms with Crippen molar-refractivity contribution in [1.29, 1.82) is 0 Å². The molecule has 0 bridgehead atoms. The number of carbonyl (C=O) groups is 1. The van der Waals surface area contributed by atoms with Gasteiger partial charge in [-0.3, -0.25) is 4.79 Å². The number of Topliss-reactive ketones (excluding diaryl/α,β-unsaturated/α-hetero) is 1. The monoisotopic (exact) mass is 260 g/mol. The van der Waals surface area contributed by atoms with Crippen LogP contribution in [0.15, 0.2) is 24.3 Å². The summed E-state index contributed by atoms with van der Waals surface area (Å²) in [6, 6.07) is 7.60. The molecule has 1 aliphatic rings. The number of hydrogen-bond acceptors (Lipinski definition) is 2. The fraction of sp³-hybridized carbons (Fsp3) is 0.588. The minimum absolute atomic E-state index is 0.190. The van der Waals surface area contributed by atoms with Crippen molar-refractivity contribution in [3.05, 3.63) is 29.8 Å². The van der Waals surface area contributed by atoms with E-state index in [4.69, 9.17) is 4.74 Å². The molecular weight excluding hydrogens is 236 g/mol. The van der Waals surface area contributed by atoms with Crippen LogP contribution >= 0.6 is 0 Å². The Balaban J connectivity index is 1.88. The Morgan fingerprint density at radius 1 is 1.11 bits per heavy atom. The van der Waals surface area contributed by atoms with E-state index in [2.05, 4.69) is 6.92 Å². The Bertz CT molecular complexity index is 400. The van der Waals surface area contributed by atoms with Gasteiger partial charge in [0, 0.05) is 12.0 Å². The highest BCUT2D eigenvalue weighted by molar-refractivity contribution is 5.95. The zero-order chi connectivity index (χ0) is 13.7. The summed E-state index contributed by atoms with van der Waals surface area (Å²) in [5, 5.41) is 0. The summed E-state index contributed by atoms with van der Waals surface area (Å²) in [6.07, 6.45) is 7.10. The molecular formula is C17H24O2. The smallest absolute Gasteiger partial charge is 0.162 e. The predicted octanol–water partition coefficient (Wildman–Crippen LogP) is 4.63. The second-order valence-corrected chi connectivity index (χ2v) is 5.47. The van der Waals surface area contributed by atoms with E-state index in [0.29, 0.717) is 12.5 Å². The zero-order valence-corrected chi connectivity index (χ0v) is 12.0. The van der Waals surface area contributed by atoms with Gasteiger partial charge in [-0.25, -0.2) is 0 Å². The van der Waals surface area contributed by atoms with Crippen LogP contribution in [-0.4, -0.2) is 11.9 Å². The van der Waals surface area contributed by atoms with E-state index >= 15 is 0 Å². The third-order valence-electron chi connectivity index (χ3n) is 4.17. The van der Waals surface area contributed by atoms with Gasteiger partial charge in [-0.2, -0.15) is 0 Å². The van der Waals surface area contributed by atoms with Gasteiger partial charge >= 0.3 is 0 Å². The lowest BCUT2D eigenvalue weighted by Gasteiger charge is -2.28. The van der Waals surface area contributed by atoms with Gasteiger partial charge < -0.3 is 4.74 Å². The fourth-order valence-corrected chi connectivity index (χ4v) is 2.77. The Kier molecular flexibility index (Phi) is 5.00.